The summed E-state index contributed by atoms with van der Waals surface area (Å²) in [6, 6.07) is 7.20. The molecule has 3 N–H and O–H groups in total. The number of hydrogen-bond acceptors (Lipinski definition) is 2. The molecule has 0 aliphatic heterocycles. The van der Waals surface area contributed by atoms with Gasteiger partial charge in [0.05, 0.1) is 0 Å². The van der Waals surface area contributed by atoms with Crippen LogP contribution in [0.5, 0.6) is 0 Å². The summed E-state index contributed by atoms with van der Waals surface area (Å²) < 4.78 is -1.77. The van der Waals surface area contributed by atoms with E-state index in [9.17, 15) is 4.79 Å². The van der Waals surface area contributed by atoms with Gasteiger partial charge in [-0.2, -0.15) is 0 Å². The van der Waals surface area contributed by atoms with Gasteiger partial charge in [-0.05, 0) is 36.8 Å². The fourth-order valence-corrected chi connectivity index (χ4v) is 2.04. The SMILES string of the molecule is Cc1cccc(NC(=S)N[C@H](NC(=O)N(C)C)C(Cl)(Cl)Cl)c1. The summed E-state index contributed by atoms with van der Waals surface area (Å²) in [5, 5.41) is 8.50. The summed E-state index contributed by atoms with van der Waals surface area (Å²) in [6.45, 7) is 1.96. The second kappa shape index (κ2) is 8.06. The minimum atomic E-state index is -1.77. The summed E-state index contributed by atoms with van der Waals surface area (Å²) in [5.41, 5.74) is 1.87. The topological polar surface area (TPSA) is 56.4 Å². The van der Waals surface area contributed by atoms with E-state index < -0.39 is 16.0 Å². The molecule has 1 atom stereocenters. The Bertz CT molecular complexity index is 548. The van der Waals surface area contributed by atoms with Gasteiger partial charge >= 0.3 is 6.03 Å². The summed E-state index contributed by atoms with van der Waals surface area (Å²) in [7, 11) is 3.15. The molecule has 0 saturated carbocycles. The van der Waals surface area contributed by atoms with Crippen LogP contribution in [0.25, 0.3) is 0 Å². The van der Waals surface area contributed by atoms with Crippen LogP contribution in [0.15, 0.2) is 24.3 Å². The zero-order chi connectivity index (χ0) is 16.9. The van der Waals surface area contributed by atoms with Gasteiger partial charge in [-0.25, -0.2) is 4.79 Å². The van der Waals surface area contributed by atoms with Gasteiger partial charge in [0.1, 0.15) is 0 Å². The highest BCUT2D eigenvalue weighted by Gasteiger charge is 2.35. The molecule has 0 aromatic heterocycles. The normalized spacial score (nSPS) is 12.3. The van der Waals surface area contributed by atoms with Gasteiger partial charge in [0.25, 0.3) is 0 Å². The Labute approximate surface area is 150 Å². The molecule has 0 spiro atoms. The number of carbonyl (C=O) groups excluding carboxylic acids is 1. The monoisotopic (exact) mass is 382 g/mol. The van der Waals surface area contributed by atoms with E-state index in [1.54, 1.807) is 14.1 Å². The first-order valence-electron chi connectivity index (χ1n) is 6.28. The van der Waals surface area contributed by atoms with Gasteiger partial charge in [-0.3, -0.25) is 0 Å². The molecule has 0 bridgehead atoms. The minimum Gasteiger partial charge on any atom is -0.339 e. The number of benzene rings is 1. The number of alkyl halides is 3. The number of anilines is 1. The van der Waals surface area contributed by atoms with Crippen molar-refractivity contribution in [2.45, 2.75) is 16.9 Å². The molecule has 1 aromatic carbocycles. The standard InChI is InChI=1S/C13H17Cl3N4OS/c1-8-5-4-6-9(7-8)17-11(22)18-10(13(14,15)16)19-12(21)20(2)3/h4-7,10H,1-3H3,(H,19,21)(H2,17,18,22)/t10-/m1/s1. The minimum absolute atomic E-state index is 0.223. The van der Waals surface area contributed by atoms with E-state index in [4.69, 9.17) is 47.0 Å². The van der Waals surface area contributed by atoms with Crippen LogP contribution in [0.1, 0.15) is 5.56 Å². The number of amides is 2. The Hall–Kier alpha value is -0.950. The quantitative estimate of drug-likeness (QED) is 0.426. The molecule has 9 heteroatoms. The second-order valence-electron chi connectivity index (χ2n) is 4.79. The zero-order valence-electron chi connectivity index (χ0n) is 12.3. The number of aryl methyl sites for hydroxylation is 1. The molecule has 0 radical (unpaired) electrons. The zero-order valence-corrected chi connectivity index (χ0v) is 15.4. The summed E-state index contributed by atoms with van der Waals surface area (Å²) >= 11 is 22.8. The van der Waals surface area contributed by atoms with Crippen molar-refractivity contribution < 1.29 is 4.79 Å². The second-order valence-corrected chi connectivity index (χ2v) is 7.56. The average molecular weight is 384 g/mol. The molecule has 5 nitrogen and oxygen atoms in total. The number of urea groups is 1. The Morgan fingerprint density at radius 1 is 1.27 bits per heavy atom. The van der Waals surface area contributed by atoms with Crippen LogP contribution in [0, 0.1) is 6.92 Å². The lowest BCUT2D eigenvalue weighted by Crippen LogP contribution is -2.57. The fourth-order valence-electron chi connectivity index (χ4n) is 1.47. The maximum atomic E-state index is 11.7. The molecule has 0 unspecified atom stereocenters. The van der Waals surface area contributed by atoms with Gasteiger partial charge in [-0.15, -0.1) is 0 Å². The van der Waals surface area contributed by atoms with Gasteiger partial charge in [-0.1, -0.05) is 46.9 Å². The molecule has 1 aromatic rings. The van der Waals surface area contributed by atoms with E-state index in [1.807, 2.05) is 31.2 Å². The van der Waals surface area contributed by atoms with Crippen molar-refractivity contribution in [1.82, 2.24) is 15.5 Å². The molecular weight excluding hydrogens is 367 g/mol. The lowest BCUT2D eigenvalue weighted by molar-refractivity contribution is 0.212. The number of rotatable bonds is 3. The van der Waals surface area contributed by atoms with Crippen LogP contribution in [-0.2, 0) is 0 Å². The van der Waals surface area contributed by atoms with Crippen molar-refractivity contribution in [2.24, 2.45) is 0 Å². The molecule has 0 fully saturated rings. The summed E-state index contributed by atoms with van der Waals surface area (Å²) in [5.74, 6) is 0. The largest absolute Gasteiger partial charge is 0.339 e. The van der Waals surface area contributed by atoms with Crippen LogP contribution in [0.2, 0.25) is 0 Å². The number of carbonyl (C=O) groups is 1. The third-order valence-electron chi connectivity index (χ3n) is 2.55. The summed E-state index contributed by atoms with van der Waals surface area (Å²) in [4.78, 5) is 13.0. The first kappa shape index (κ1) is 19.1. The van der Waals surface area contributed by atoms with Gasteiger partial charge in [0.2, 0.25) is 3.79 Å². The number of hydrogen-bond donors (Lipinski definition) is 3. The van der Waals surface area contributed by atoms with Crippen LogP contribution >= 0.6 is 47.0 Å². The molecular formula is C13H17Cl3N4OS. The van der Waals surface area contributed by atoms with Crippen molar-refractivity contribution in [1.29, 1.82) is 0 Å². The van der Waals surface area contributed by atoms with Gasteiger partial charge in [0.15, 0.2) is 11.3 Å². The maximum Gasteiger partial charge on any atom is 0.318 e. The van der Waals surface area contributed by atoms with Gasteiger partial charge in [0, 0.05) is 19.8 Å². The van der Waals surface area contributed by atoms with Crippen molar-refractivity contribution in [3.05, 3.63) is 29.8 Å². The fraction of sp³-hybridized carbons (Fsp3) is 0.385. The van der Waals surface area contributed by atoms with Crippen LogP contribution in [-0.4, -0.2) is 40.1 Å². The molecule has 0 aliphatic carbocycles. The van der Waals surface area contributed by atoms with Crippen molar-refractivity contribution in [3.63, 3.8) is 0 Å². The van der Waals surface area contributed by atoms with E-state index in [0.29, 0.717) is 0 Å². The highest BCUT2D eigenvalue weighted by molar-refractivity contribution is 7.80. The van der Waals surface area contributed by atoms with E-state index in [1.165, 1.54) is 4.90 Å². The van der Waals surface area contributed by atoms with E-state index in [0.717, 1.165) is 11.3 Å². The van der Waals surface area contributed by atoms with E-state index in [-0.39, 0.29) is 5.11 Å². The number of halogens is 3. The first-order chi connectivity index (χ1) is 10.1. The van der Waals surface area contributed by atoms with Crippen molar-refractivity contribution >= 4 is 63.9 Å². The van der Waals surface area contributed by atoms with Crippen LogP contribution < -0.4 is 16.0 Å². The first-order valence-corrected chi connectivity index (χ1v) is 7.82. The number of nitrogens with one attached hydrogen (secondary N) is 3. The third kappa shape index (κ3) is 6.44. The molecule has 1 rings (SSSR count). The third-order valence-corrected chi connectivity index (χ3v) is 3.43. The Balaban J connectivity index is 2.73. The predicted octanol–water partition coefficient (Wildman–Crippen LogP) is 3.25. The molecule has 122 valence electrons. The maximum absolute atomic E-state index is 11.7. The van der Waals surface area contributed by atoms with Crippen LogP contribution in [0.3, 0.4) is 0 Å². The van der Waals surface area contributed by atoms with Gasteiger partial charge < -0.3 is 20.9 Å². The highest BCUT2D eigenvalue weighted by atomic mass is 35.6. The predicted molar refractivity (Wildman–Crippen MR) is 96.8 cm³/mol. The lowest BCUT2D eigenvalue weighted by Gasteiger charge is -2.28. The molecule has 2 amide bonds. The van der Waals surface area contributed by atoms with Crippen LogP contribution in [0.4, 0.5) is 10.5 Å². The highest BCUT2D eigenvalue weighted by Crippen LogP contribution is 2.29. The Morgan fingerprint density at radius 3 is 2.41 bits per heavy atom. The lowest BCUT2D eigenvalue weighted by atomic mass is 10.2. The average Bonchev–Trinajstić information content (AvgIpc) is 2.36. The smallest absolute Gasteiger partial charge is 0.318 e. The van der Waals surface area contributed by atoms with Crippen molar-refractivity contribution in [3.8, 4) is 0 Å². The molecule has 0 heterocycles. The Morgan fingerprint density at radius 2 is 1.91 bits per heavy atom. The molecule has 0 aliphatic rings. The van der Waals surface area contributed by atoms with E-state index >= 15 is 0 Å². The van der Waals surface area contributed by atoms with Crippen molar-refractivity contribution in [2.75, 3.05) is 19.4 Å². The molecule has 22 heavy (non-hydrogen) atoms. The van der Waals surface area contributed by atoms with E-state index in [2.05, 4.69) is 16.0 Å². The molecule has 0 saturated heterocycles. The Kier molecular flexibility index (Phi) is 6.99. The number of thiocarbonyl (C=S) groups is 1. The summed E-state index contributed by atoms with van der Waals surface area (Å²) in [6.07, 6.45) is -0.989. The number of nitrogens with zero attached hydrogens (tertiary/aromatic N) is 1.